The van der Waals surface area contributed by atoms with Gasteiger partial charge in [-0.1, -0.05) is 110 Å². The fourth-order valence-corrected chi connectivity index (χ4v) is 4.40. The average Bonchev–Trinajstić information content (AvgIpc) is 2.86. The molecule has 210 valence electrons. The van der Waals surface area contributed by atoms with Gasteiger partial charge in [-0.15, -0.1) is 0 Å². The maximum atomic E-state index is 12.9. The molecule has 35 heavy (non-hydrogen) atoms. The molecule has 0 bridgehead atoms. The highest BCUT2D eigenvalue weighted by atomic mass is 16.4. The molecule has 0 saturated carbocycles. The van der Waals surface area contributed by atoms with E-state index in [1.54, 1.807) is 4.90 Å². The second-order valence-corrected chi connectivity index (χ2v) is 10.2. The SMILES string of the molecule is CCCCCCCCCCCCCC(=O)N(CCCCCCCC)C[C@H](O)[C@@H](O)[C@H](O)[C@H](O)CO. The van der Waals surface area contributed by atoms with Gasteiger partial charge in [0.05, 0.1) is 6.61 Å². The third-order valence-electron chi connectivity index (χ3n) is 6.86. The molecule has 0 saturated heterocycles. The number of unbranched alkanes of at least 4 members (excludes halogenated alkanes) is 15. The Hall–Kier alpha value is -0.730. The Labute approximate surface area is 214 Å². The molecule has 0 radical (unpaired) electrons. The zero-order valence-corrected chi connectivity index (χ0v) is 22.8. The normalized spacial score (nSPS) is 15.1. The summed E-state index contributed by atoms with van der Waals surface area (Å²) in [4.78, 5) is 14.5. The Morgan fingerprint density at radius 1 is 0.600 bits per heavy atom. The third-order valence-corrected chi connectivity index (χ3v) is 6.86. The summed E-state index contributed by atoms with van der Waals surface area (Å²) in [7, 11) is 0. The first-order chi connectivity index (χ1) is 16.9. The van der Waals surface area contributed by atoms with Crippen molar-refractivity contribution in [3.8, 4) is 0 Å². The van der Waals surface area contributed by atoms with E-state index >= 15 is 0 Å². The average molecular weight is 504 g/mol. The summed E-state index contributed by atoms with van der Waals surface area (Å²) in [6, 6.07) is 0. The van der Waals surface area contributed by atoms with Gasteiger partial charge in [0, 0.05) is 19.5 Å². The summed E-state index contributed by atoms with van der Waals surface area (Å²) in [5, 5.41) is 49.0. The first-order valence-corrected chi connectivity index (χ1v) is 14.5. The Balaban J connectivity index is 4.41. The first kappa shape index (κ1) is 34.3. The van der Waals surface area contributed by atoms with E-state index in [2.05, 4.69) is 13.8 Å². The quantitative estimate of drug-likeness (QED) is 0.118. The number of amides is 1. The molecule has 0 rings (SSSR count). The van der Waals surface area contributed by atoms with Gasteiger partial charge in [-0.3, -0.25) is 4.79 Å². The molecule has 1 amide bonds. The summed E-state index contributed by atoms with van der Waals surface area (Å²) in [6.45, 7) is 4.10. The first-order valence-electron chi connectivity index (χ1n) is 14.5. The van der Waals surface area contributed by atoms with Crippen molar-refractivity contribution in [2.24, 2.45) is 0 Å². The van der Waals surface area contributed by atoms with E-state index in [1.807, 2.05) is 0 Å². The maximum Gasteiger partial charge on any atom is 0.222 e. The van der Waals surface area contributed by atoms with E-state index in [4.69, 9.17) is 5.11 Å². The predicted octanol–water partition coefficient (Wildman–Crippen LogP) is 4.31. The fourth-order valence-electron chi connectivity index (χ4n) is 4.40. The van der Waals surface area contributed by atoms with Crippen LogP contribution in [0, 0.1) is 0 Å². The molecule has 0 heterocycles. The highest BCUT2D eigenvalue weighted by Crippen LogP contribution is 2.14. The minimum absolute atomic E-state index is 0.0436. The van der Waals surface area contributed by atoms with Gasteiger partial charge in [0.25, 0.3) is 0 Å². The second kappa shape index (κ2) is 23.7. The predicted molar refractivity (Wildman–Crippen MR) is 142 cm³/mol. The molecule has 0 aromatic carbocycles. The summed E-state index contributed by atoms with van der Waals surface area (Å²) < 4.78 is 0. The smallest absolute Gasteiger partial charge is 0.222 e. The lowest BCUT2D eigenvalue weighted by atomic mass is 10.0. The van der Waals surface area contributed by atoms with E-state index in [1.165, 1.54) is 70.6 Å². The zero-order chi connectivity index (χ0) is 26.3. The topological polar surface area (TPSA) is 121 Å². The second-order valence-electron chi connectivity index (χ2n) is 10.2. The van der Waals surface area contributed by atoms with Crippen LogP contribution in [0.3, 0.4) is 0 Å². The van der Waals surface area contributed by atoms with Gasteiger partial charge in [-0.05, 0) is 12.8 Å². The number of carbonyl (C=O) groups excluding carboxylic acids is 1. The standard InChI is InChI=1S/C28H57NO6/c1-3-5-7-9-11-12-13-14-15-16-18-20-26(33)29(21-19-17-10-8-6-4-2)22-24(31)27(34)28(35)25(32)23-30/h24-25,27-28,30-32,34-35H,3-23H2,1-2H3/t24-,25+,27+,28+/m0/s1. The molecular weight excluding hydrogens is 446 g/mol. The Bertz CT molecular complexity index is 478. The van der Waals surface area contributed by atoms with E-state index in [9.17, 15) is 25.2 Å². The van der Waals surface area contributed by atoms with Crippen molar-refractivity contribution in [3.05, 3.63) is 0 Å². The lowest BCUT2D eigenvalue weighted by molar-refractivity contribution is -0.140. The van der Waals surface area contributed by atoms with Crippen molar-refractivity contribution in [1.82, 2.24) is 4.90 Å². The van der Waals surface area contributed by atoms with E-state index in [-0.39, 0.29) is 12.5 Å². The van der Waals surface area contributed by atoms with Crippen LogP contribution in [0.15, 0.2) is 0 Å². The molecule has 0 spiro atoms. The number of carbonyl (C=O) groups is 1. The van der Waals surface area contributed by atoms with Crippen LogP contribution < -0.4 is 0 Å². The van der Waals surface area contributed by atoms with Crippen LogP contribution in [0.5, 0.6) is 0 Å². The summed E-state index contributed by atoms with van der Waals surface area (Å²) in [6.07, 6.45) is 14.0. The molecule has 0 aromatic rings. The summed E-state index contributed by atoms with van der Waals surface area (Å²) >= 11 is 0. The zero-order valence-electron chi connectivity index (χ0n) is 22.8. The fraction of sp³-hybridized carbons (Fsp3) is 0.964. The van der Waals surface area contributed by atoms with Gasteiger partial charge in [0.15, 0.2) is 0 Å². The Morgan fingerprint density at radius 2 is 1.00 bits per heavy atom. The Morgan fingerprint density at radius 3 is 1.46 bits per heavy atom. The number of nitrogens with zero attached hydrogens (tertiary/aromatic N) is 1. The van der Waals surface area contributed by atoms with Gasteiger partial charge in [0.1, 0.15) is 24.4 Å². The van der Waals surface area contributed by atoms with Crippen molar-refractivity contribution in [3.63, 3.8) is 0 Å². The highest BCUT2D eigenvalue weighted by molar-refractivity contribution is 5.76. The van der Waals surface area contributed by atoms with Crippen LogP contribution in [0.4, 0.5) is 0 Å². The molecule has 5 N–H and O–H groups in total. The van der Waals surface area contributed by atoms with E-state index in [0.29, 0.717) is 13.0 Å². The molecule has 0 fully saturated rings. The highest BCUT2D eigenvalue weighted by Gasteiger charge is 2.31. The van der Waals surface area contributed by atoms with Gasteiger partial charge in [-0.2, -0.15) is 0 Å². The monoisotopic (exact) mass is 503 g/mol. The van der Waals surface area contributed by atoms with Crippen LogP contribution in [0.1, 0.15) is 129 Å². The molecule has 0 unspecified atom stereocenters. The number of aliphatic hydroxyl groups excluding tert-OH is 5. The van der Waals surface area contributed by atoms with Crippen LogP contribution in [0.2, 0.25) is 0 Å². The molecule has 7 heteroatoms. The third kappa shape index (κ3) is 18.2. The Kier molecular flexibility index (Phi) is 23.2. The van der Waals surface area contributed by atoms with Crippen LogP contribution in [0.25, 0.3) is 0 Å². The van der Waals surface area contributed by atoms with Crippen molar-refractivity contribution >= 4 is 5.91 Å². The lowest BCUT2D eigenvalue weighted by Gasteiger charge is -2.30. The minimum atomic E-state index is -1.67. The van der Waals surface area contributed by atoms with Crippen LogP contribution in [-0.4, -0.2) is 80.5 Å². The van der Waals surface area contributed by atoms with Crippen LogP contribution >= 0.6 is 0 Å². The molecule has 0 aliphatic carbocycles. The van der Waals surface area contributed by atoms with Crippen molar-refractivity contribution in [1.29, 1.82) is 0 Å². The molecule has 7 nitrogen and oxygen atoms in total. The van der Waals surface area contributed by atoms with Crippen LogP contribution in [-0.2, 0) is 4.79 Å². The van der Waals surface area contributed by atoms with Gasteiger partial charge in [0.2, 0.25) is 5.91 Å². The number of aliphatic hydroxyl groups is 5. The molecule has 0 aromatic heterocycles. The summed E-state index contributed by atoms with van der Waals surface area (Å²) in [5.74, 6) is -0.0436. The molecule has 0 aliphatic heterocycles. The maximum absolute atomic E-state index is 12.9. The number of hydrogen-bond acceptors (Lipinski definition) is 6. The molecule has 0 aliphatic rings. The lowest BCUT2D eigenvalue weighted by Crippen LogP contribution is -2.50. The van der Waals surface area contributed by atoms with Gasteiger partial charge >= 0.3 is 0 Å². The summed E-state index contributed by atoms with van der Waals surface area (Å²) in [5.41, 5.74) is 0. The molecular formula is C28H57NO6. The van der Waals surface area contributed by atoms with E-state index in [0.717, 1.165) is 38.5 Å². The van der Waals surface area contributed by atoms with Gasteiger partial charge in [-0.25, -0.2) is 0 Å². The van der Waals surface area contributed by atoms with Crippen molar-refractivity contribution in [2.75, 3.05) is 19.7 Å². The largest absolute Gasteiger partial charge is 0.394 e. The molecule has 4 atom stereocenters. The van der Waals surface area contributed by atoms with E-state index < -0.39 is 31.0 Å². The van der Waals surface area contributed by atoms with Crippen molar-refractivity contribution < 1.29 is 30.3 Å². The number of rotatable bonds is 25. The van der Waals surface area contributed by atoms with Crippen molar-refractivity contribution in [2.45, 2.75) is 154 Å². The number of hydrogen-bond donors (Lipinski definition) is 5. The minimum Gasteiger partial charge on any atom is -0.394 e. The van der Waals surface area contributed by atoms with Gasteiger partial charge < -0.3 is 30.4 Å².